The molecule has 170 valence electrons. The monoisotopic (exact) mass is 447 g/mol. The highest BCUT2D eigenvalue weighted by atomic mass is 32.2. The molecule has 0 spiro atoms. The van der Waals surface area contributed by atoms with E-state index in [1.165, 1.54) is 16.8 Å². The first kappa shape index (κ1) is 22.3. The van der Waals surface area contributed by atoms with E-state index in [4.69, 9.17) is 0 Å². The third kappa shape index (κ3) is 4.95. The minimum absolute atomic E-state index is 0.00652. The van der Waals surface area contributed by atoms with Gasteiger partial charge >= 0.3 is 0 Å². The van der Waals surface area contributed by atoms with Crippen molar-refractivity contribution in [3.63, 3.8) is 0 Å². The van der Waals surface area contributed by atoms with Crippen LogP contribution in [0.3, 0.4) is 0 Å². The van der Waals surface area contributed by atoms with Crippen molar-refractivity contribution in [3.8, 4) is 0 Å². The van der Waals surface area contributed by atoms with E-state index < -0.39 is 10.0 Å². The molecule has 0 N–H and O–H groups in total. The lowest BCUT2D eigenvalue weighted by atomic mass is 9.94. The highest BCUT2D eigenvalue weighted by Crippen LogP contribution is 2.25. The van der Waals surface area contributed by atoms with Crippen molar-refractivity contribution in [2.75, 3.05) is 39.3 Å². The van der Waals surface area contributed by atoms with Gasteiger partial charge in [0.15, 0.2) is 0 Å². The van der Waals surface area contributed by atoms with Crippen LogP contribution in [0.1, 0.15) is 61.7 Å². The van der Waals surface area contributed by atoms with Crippen LogP contribution < -0.4 is 0 Å². The first-order valence-corrected chi connectivity index (χ1v) is 13.1. The summed E-state index contributed by atoms with van der Waals surface area (Å²) < 4.78 is 27.5. The predicted octanol–water partition coefficient (Wildman–Crippen LogP) is 2.73. The molecule has 1 aromatic carbocycles. The van der Waals surface area contributed by atoms with Crippen molar-refractivity contribution in [2.24, 2.45) is 5.92 Å². The lowest BCUT2D eigenvalue weighted by Crippen LogP contribution is -2.45. The van der Waals surface area contributed by atoms with Gasteiger partial charge in [0.05, 0.1) is 4.90 Å². The standard InChI is InChI=1S/C23H33N3O4S/c27-22(24-12-3-1-4-13-24)19-10-16-25(17-11-19)23(28)20-8-7-9-21(18-20)31(29,30)26-14-5-2-6-15-26/h7-9,18-19H,1-6,10-17H2. The summed E-state index contributed by atoms with van der Waals surface area (Å²) in [6, 6.07) is 6.42. The van der Waals surface area contributed by atoms with Crippen LogP contribution in [0.2, 0.25) is 0 Å². The van der Waals surface area contributed by atoms with Crippen LogP contribution in [-0.2, 0) is 14.8 Å². The summed E-state index contributed by atoms with van der Waals surface area (Å²) in [7, 11) is -3.57. The van der Waals surface area contributed by atoms with Gasteiger partial charge in [-0.3, -0.25) is 9.59 Å². The highest BCUT2D eigenvalue weighted by Gasteiger charge is 2.32. The minimum atomic E-state index is -3.57. The third-order valence-electron chi connectivity index (χ3n) is 6.83. The number of likely N-dealkylation sites (tertiary alicyclic amines) is 2. The number of rotatable bonds is 4. The summed E-state index contributed by atoms with van der Waals surface area (Å²) in [4.78, 5) is 29.7. The molecule has 3 aliphatic rings. The fourth-order valence-electron chi connectivity index (χ4n) is 4.93. The molecule has 4 rings (SSSR count). The van der Waals surface area contributed by atoms with Gasteiger partial charge in [-0.1, -0.05) is 12.5 Å². The van der Waals surface area contributed by atoms with Crippen molar-refractivity contribution in [1.29, 1.82) is 0 Å². The molecule has 0 saturated carbocycles. The second-order valence-electron chi connectivity index (χ2n) is 8.94. The Morgan fingerprint density at radius 1 is 0.774 bits per heavy atom. The molecule has 0 radical (unpaired) electrons. The second-order valence-corrected chi connectivity index (χ2v) is 10.9. The molecule has 31 heavy (non-hydrogen) atoms. The fraction of sp³-hybridized carbons (Fsp3) is 0.652. The van der Waals surface area contributed by atoms with Gasteiger partial charge in [0, 0.05) is 50.7 Å². The van der Waals surface area contributed by atoms with Gasteiger partial charge in [-0.15, -0.1) is 0 Å². The van der Waals surface area contributed by atoms with Gasteiger partial charge in [-0.25, -0.2) is 8.42 Å². The van der Waals surface area contributed by atoms with Crippen molar-refractivity contribution in [1.82, 2.24) is 14.1 Å². The van der Waals surface area contributed by atoms with Crippen LogP contribution in [0, 0.1) is 5.92 Å². The Kier molecular flexibility index (Phi) is 6.96. The molecule has 3 fully saturated rings. The molecule has 0 unspecified atom stereocenters. The van der Waals surface area contributed by atoms with Gasteiger partial charge in [0.1, 0.15) is 0 Å². The minimum Gasteiger partial charge on any atom is -0.342 e. The summed E-state index contributed by atoms with van der Waals surface area (Å²) in [6.07, 6.45) is 7.52. The molecule has 0 aliphatic carbocycles. The van der Waals surface area contributed by atoms with Crippen LogP contribution in [0.15, 0.2) is 29.2 Å². The Labute approximate surface area is 185 Å². The van der Waals surface area contributed by atoms with Crippen molar-refractivity contribution in [2.45, 2.75) is 56.3 Å². The zero-order chi connectivity index (χ0) is 21.8. The fourth-order valence-corrected chi connectivity index (χ4v) is 6.49. The molecular weight excluding hydrogens is 414 g/mol. The van der Waals surface area contributed by atoms with Gasteiger partial charge in [0.2, 0.25) is 15.9 Å². The molecule has 3 saturated heterocycles. The molecule has 8 heteroatoms. The molecule has 3 heterocycles. The number of hydrogen-bond acceptors (Lipinski definition) is 4. The molecule has 7 nitrogen and oxygen atoms in total. The summed E-state index contributed by atoms with van der Waals surface area (Å²) in [6.45, 7) is 3.86. The van der Waals surface area contributed by atoms with Crippen LogP contribution >= 0.6 is 0 Å². The van der Waals surface area contributed by atoms with Crippen LogP contribution in [0.4, 0.5) is 0 Å². The Hall–Kier alpha value is -1.93. The Bertz CT molecular complexity index is 897. The second kappa shape index (κ2) is 9.69. The zero-order valence-corrected chi connectivity index (χ0v) is 19.0. The lowest BCUT2D eigenvalue weighted by molar-refractivity contribution is -0.137. The van der Waals surface area contributed by atoms with E-state index in [-0.39, 0.29) is 22.6 Å². The normalized spacial score (nSPS) is 21.8. The molecule has 0 aromatic heterocycles. The molecule has 2 amide bonds. The summed E-state index contributed by atoms with van der Waals surface area (Å²) in [5.41, 5.74) is 0.402. The molecule has 0 atom stereocenters. The average molecular weight is 448 g/mol. The lowest BCUT2D eigenvalue weighted by Gasteiger charge is -2.35. The highest BCUT2D eigenvalue weighted by molar-refractivity contribution is 7.89. The van der Waals surface area contributed by atoms with E-state index in [1.807, 2.05) is 4.90 Å². The number of sulfonamides is 1. The van der Waals surface area contributed by atoms with Gasteiger partial charge in [0.25, 0.3) is 5.91 Å². The molecule has 0 bridgehead atoms. The largest absolute Gasteiger partial charge is 0.342 e. The maximum absolute atomic E-state index is 13.1. The smallest absolute Gasteiger partial charge is 0.253 e. The summed E-state index contributed by atoms with van der Waals surface area (Å²) in [5.74, 6) is 0.0777. The van der Waals surface area contributed by atoms with E-state index in [2.05, 4.69) is 0 Å². The van der Waals surface area contributed by atoms with Crippen LogP contribution in [0.5, 0.6) is 0 Å². The number of hydrogen-bond donors (Lipinski definition) is 0. The topological polar surface area (TPSA) is 78.0 Å². The number of piperidine rings is 3. The van der Waals surface area contributed by atoms with Crippen molar-refractivity contribution < 1.29 is 18.0 Å². The summed E-state index contributed by atoms with van der Waals surface area (Å²) >= 11 is 0. The first-order valence-electron chi connectivity index (χ1n) is 11.6. The Morgan fingerprint density at radius 3 is 2.03 bits per heavy atom. The van der Waals surface area contributed by atoms with E-state index >= 15 is 0 Å². The van der Waals surface area contributed by atoms with Gasteiger partial charge in [-0.2, -0.15) is 4.31 Å². The summed E-state index contributed by atoms with van der Waals surface area (Å²) in [5, 5.41) is 0. The van der Waals surface area contributed by atoms with E-state index in [9.17, 15) is 18.0 Å². The van der Waals surface area contributed by atoms with Crippen LogP contribution in [0.25, 0.3) is 0 Å². The maximum atomic E-state index is 13.1. The van der Waals surface area contributed by atoms with Crippen molar-refractivity contribution >= 4 is 21.8 Å². The molecular formula is C23H33N3O4S. The van der Waals surface area contributed by atoms with Gasteiger partial charge < -0.3 is 9.80 Å². The van der Waals surface area contributed by atoms with Crippen LogP contribution in [-0.4, -0.2) is 73.6 Å². The molecule has 1 aromatic rings. The van der Waals surface area contributed by atoms with E-state index in [0.29, 0.717) is 44.6 Å². The number of nitrogens with zero attached hydrogens (tertiary/aromatic N) is 3. The number of benzene rings is 1. The predicted molar refractivity (Wildman–Crippen MR) is 118 cm³/mol. The molecule has 3 aliphatic heterocycles. The first-order chi connectivity index (χ1) is 15.0. The Morgan fingerprint density at radius 2 is 1.39 bits per heavy atom. The SMILES string of the molecule is O=C(c1cccc(S(=O)(=O)N2CCCCC2)c1)N1CCC(C(=O)N2CCCCC2)CC1. The van der Waals surface area contributed by atoms with Gasteiger partial charge in [-0.05, 0) is 63.1 Å². The number of amides is 2. The Balaban J connectivity index is 1.39. The zero-order valence-electron chi connectivity index (χ0n) is 18.2. The number of carbonyl (C=O) groups excluding carboxylic acids is 2. The van der Waals surface area contributed by atoms with E-state index in [0.717, 1.165) is 45.2 Å². The average Bonchev–Trinajstić information content (AvgIpc) is 2.84. The third-order valence-corrected chi connectivity index (χ3v) is 8.73. The quantitative estimate of drug-likeness (QED) is 0.711. The maximum Gasteiger partial charge on any atom is 0.253 e. The number of carbonyl (C=O) groups is 2. The van der Waals surface area contributed by atoms with E-state index in [1.54, 1.807) is 23.1 Å². The van der Waals surface area contributed by atoms with Crippen molar-refractivity contribution in [3.05, 3.63) is 29.8 Å².